The summed E-state index contributed by atoms with van der Waals surface area (Å²) in [6.45, 7) is 0. The van der Waals surface area contributed by atoms with Crippen LogP contribution < -0.4 is 16.2 Å². The lowest BCUT2D eigenvalue weighted by Crippen LogP contribution is -2.38. The quantitative estimate of drug-likeness (QED) is 0.383. The third kappa shape index (κ3) is 4.00. The number of alkyl halides is 3. The van der Waals surface area contributed by atoms with E-state index in [1.165, 1.54) is 12.3 Å². The molecule has 4 N–H and O–H groups in total. The Morgan fingerprint density at radius 2 is 1.61 bits per heavy atom. The minimum absolute atomic E-state index is 0.281. The molecule has 0 radical (unpaired) electrons. The van der Waals surface area contributed by atoms with E-state index in [9.17, 15) is 22.8 Å². The lowest BCUT2D eigenvalue weighted by molar-refractivity contribution is -0.141. The van der Waals surface area contributed by atoms with Crippen LogP contribution >= 0.6 is 0 Å². The molecule has 10 heteroatoms. The van der Waals surface area contributed by atoms with E-state index in [1.54, 1.807) is 54.7 Å². The van der Waals surface area contributed by atoms with Gasteiger partial charge in [0.25, 0.3) is 0 Å². The number of hydrogen-bond acceptors (Lipinski definition) is 5. The van der Waals surface area contributed by atoms with Gasteiger partial charge in [-0.3, -0.25) is 19.6 Å². The number of aromatic nitrogens is 2. The monoisotopic (exact) mass is 492 g/mol. The normalized spacial score (nSPS) is 16.5. The number of rotatable bonds is 6. The summed E-state index contributed by atoms with van der Waals surface area (Å²) in [7, 11) is 0. The van der Waals surface area contributed by atoms with Gasteiger partial charge in [0.1, 0.15) is 22.6 Å². The number of amides is 2. The molecule has 1 aliphatic rings. The molecule has 2 amide bonds. The maximum atomic E-state index is 12.8. The van der Waals surface area contributed by atoms with Crippen LogP contribution in [0.5, 0.6) is 11.5 Å². The highest BCUT2D eigenvalue weighted by atomic mass is 19.4. The SMILES string of the molecule is NC(=O)C1(C(N)=O)CC1c1ccc(Oc2ccnc3cc(-c4ccc(C(F)(F)F)nc4)ccc23)cc1. The van der Waals surface area contributed by atoms with Crippen LogP contribution in [-0.4, -0.2) is 21.8 Å². The molecule has 5 rings (SSSR count). The van der Waals surface area contributed by atoms with Crippen molar-refractivity contribution >= 4 is 22.7 Å². The van der Waals surface area contributed by atoms with Gasteiger partial charge < -0.3 is 16.2 Å². The van der Waals surface area contributed by atoms with Crippen molar-refractivity contribution in [1.82, 2.24) is 9.97 Å². The van der Waals surface area contributed by atoms with E-state index in [1.807, 2.05) is 0 Å². The first-order chi connectivity index (χ1) is 17.1. The number of carbonyl (C=O) groups excluding carboxylic acids is 2. The van der Waals surface area contributed by atoms with E-state index in [0.717, 1.165) is 11.6 Å². The standard InChI is InChI=1S/C26H19F3N4O3/c27-26(28,29)22-8-4-16(13-33-22)15-3-7-18-20(11-15)32-10-9-21(18)36-17-5-1-14(2-6-17)19-12-25(19,23(30)34)24(31)35/h1-11,13,19H,12H2,(H2,30,34)(H2,31,35). The van der Waals surface area contributed by atoms with Gasteiger partial charge in [-0.1, -0.05) is 24.3 Å². The molecule has 1 aliphatic carbocycles. The van der Waals surface area contributed by atoms with E-state index in [-0.39, 0.29) is 12.3 Å². The van der Waals surface area contributed by atoms with Crippen LogP contribution in [0.4, 0.5) is 13.2 Å². The Labute approximate surface area is 202 Å². The predicted octanol–water partition coefficient (Wildman–Crippen LogP) is 4.55. The average molecular weight is 492 g/mol. The zero-order chi connectivity index (χ0) is 25.7. The summed E-state index contributed by atoms with van der Waals surface area (Å²) in [6, 6.07) is 16.2. The number of hydrogen-bond donors (Lipinski definition) is 2. The van der Waals surface area contributed by atoms with E-state index >= 15 is 0 Å². The molecule has 2 heterocycles. The second kappa shape index (κ2) is 8.33. The Balaban J connectivity index is 1.37. The highest BCUT2D eigenvalue weighted by Crippen LogP contribution is 2.59. The topological polar surface area (TPSA) is 121 Å². The number of nitrogens with zero attached hydrogens (tertiary/aromatic N) is 2. The fraction of sp³-hybridized carbons (Fsp3) is 0.154. The molecule has 2 aromatic heterocycles. The summed E-state index contributed by atoms with van der Waals surface area (Å²) in [5.41, 5.74) is 11.0. The molecule has 7 nitrogen and oxygen atoms in total. The zero-order valence-electron chi connectivity index (χ0n) is 18.6. The summed E-state index contributed by atoms with van der Waals surface area (Å²) >= 11 is 0. The number of ether oxygens (including phenoxy) is 1. The number of pyridine rings is 2. The van der Waals surface area contributed by atoms with Crippen LogP contribution in [-0.2, 0) is 15.8 Å². The molecular formula is C26H19F3N4O3. The number of halogens is 3. The molecule has 182 valence electrons. The summed E-state index contributed by atoms with van der Waals surface area (Å²) < 4.78 is 44.4. The Kier molecular flexibility index (Phi) is 5.39. The number of primary amides is 2. The van der Waals surface area contributed by atoms with Gasteiger partial charge in [0.05, 0.1) is 5.52 Å². The molecular weight excluding hydrogens is 473 g/mol. The third-order valence-corrected chi connectivity index (χ3v) is 6.44. The molecule has 2 aromatic carbocycles. The first kappa shape index (κ1) is 23.3. The van der Waals surface area contributed by atoms with Crippen molar-refractivity contribution in [2.75, 3.05) is 0 Å². The molecule has 1 atom stereocenters. The maximum absolute atomic E-state index is 12.8. The van der Waals surface area contributed by atoms with Gasteiger partial charge in [0.15, 0.2) is 0 Å². The predicted molar refractivity (Wildman–Crippen MR) is 125 cm³/mol. The molecule has 36 heavy (non-hydrogen) atoms. The molecule has 0 bridgehead atoms. The highest BCUT2D eigenvalue weighted by molar-refractivity contribution is 6.08. The molecule has 0 aliphatic heterocycles. The largest absolute Gasteiger partial charge is 0.457 e. The first-order valence-corrected chi connectivity index (χ1v) is 10.9. The van der Waals surface area contributed by atoms with Crippen LogP contribution in [0.15, 0.2) is 73.1 Å². The van der Waals surface area contributed by atoms with Gasteiger partial charge in [-0.15, -0.1) is 0 Å². The lowest BCUT2D eigenvalue weighted by atomic mass is 9.97. The van der Waals surface area contributed by atoms with Crippen molar-refractivity contribution in [3.8, 4) is 22.6 Å². The van der Waals surface area contributed by atoms with Gasteiger partial charge in [-0.25, -0.2) is 0 Å². The van der Waals surface area contributed by atoms with E-state index < -0.39 is 29.1 Å². The molecule has 1 fully saturated rings. The van der Waals surface area contributed by atoms with Crippen LogP contribution in [0, 0.1) is 5.41 Å². The van der Waals surface area contributed by atoms with Crippen LogP contribution in [0.2, 0.25) is 0 Å². The number of carbonyl (C=O) groups is 2. The van der Waals surface area contributed by atoms with Gasteiger partial charge in [0.2, 0.25) is 11.8 Å². The summed E-state index contributed by atoms with van der Waals surface area (Å²) in [5.74, 6) is -0.766. The van der Waals surface area contributed by atoms with Gasteiger partial charge >= 0.3 is 6.18 Å². The van der Waals surface area contributed by atoms with Crippen molar-refractivity contribution in [3.05, 3.63) is 84.3 Å². The van der Waals surface area contributed by atoms with Crippen molar-refractivity contribution in [3.63, 3.8) is 0 Å². The fourth-order valence-electron chi connectivity index (χ4n) is 4.35. The third-order valence-electron chi connectivity index (χ3n) is 6.44. The fourth-order valence-corrected chi connectivity index (χ4v) is 4.35. The number of benzene rings is 2. The second-order valence-corrected chi connectivity index (χ2v) is 8.60. The number of fused-ring (bicyclic) bond motifs is 1. The highest BCUT2D eigenvalue weighted by Gasteiger charge is 2.64. The van der Waals surface area contributed by atoms with Crippen molar-refractivity contribution in [2.45, 2.75) is 18.5 Å². The first-order valence-electron chi connectivity index (χ1n) is 10.9. The molecule has 0 saturated heterocycles. The van der Waals surface area contributed by atoms with Crippen molar-refractivity contribution < 1.29 is 27.5 Å². The minimum Gasteiger partial charge on any atom is -0.457 e. The minimum atomic E-state index is -4.50. The summed E-state index contributed by atoms with van der Waals surface area (Å²) in [6.07, 6.45) is -1.47. The Hall–Kier alpha value is -4.47. The summed E-state index contributed by atoms with van der Waals surface area (Å²) in [4.78, 5) is 31.4. The maximum Gasteiger partial charge on any atom is 0.433 e. The van der Waals surface area contributed by atoms with Crippen LogP contribution in [0.3, 0.4) is 0 Å². The second-order valence-electron chi connectivity index (χ2n) is 8.60. The number of nitrogens with two attached hydrogens (primary N) is 2. The molecule has 0 spiro atoms. The smallest absolute Gasteiger partial charge is 0.433 e. The van der Waals surface area contributed by atoms with Crippen molar-refractivity contribution in [1.29, 1.82) is 0 Å². The molecule has 4 aromatic rings. The zero-order valence-corrected chi connectivity index (χ0v) is 18.6. The summed E-state index contributed by atoms with van der Waals surface area (Å²) in [5, 5.41) is 0.703. The Morgan fingerprint density at radius 3 is 2.19 bits per heavy atom. The van der Waals surface area contributed by atoms with E-state index in [2.05, 4.69) is 9.97 Å². The molecule has 1 saturated carbocycles. The Morgan fingerprint density at radius 1 is 0.917 bits per heavy atom. The van der Waals surface area contributed by atoms with Gasteiger partial charge in [0, 0.05) is 29.3 Å². The van der Waals surface area contributed by atoms with Crippen LogP contribution in [0.1, 0.15) is 23.6 Å². The van der Waals surface area contributed by atoms with Crippen molar-refractivity contribution in [2.24, 2.45) is 16.9 Å². The van der Waals surface area contributed by atoms with Gasteiger partial charge in [-0.05, 0) is 53.9 Å². The van der Waals surface area contributed by atoms with E-state index in [4.69, 9.17) is 16.2 Å². The molecule has 1 unspecified atom stereocenters. The average Bonchev–Trinajstić information content (AvgIpc) is 3.62. The van der Waals surface area contributed by atoms with Crippen LogP contribution in [0.25, 0.3) is 22.0 Å². The Bertz CT molecular complexity index is 1470. The van der Waals surface area contributed by atoms with Gasteiger partial charge in [-0.2, -0.15) is 13.2 Å². The van der Waals surface area contributed by atoms with E-state index in [0.29, 0.717) is 33.5 Å². The lowest BCUT2D eigenvalue weighted by Gasteiger charge is -2.12.